The van der Waals surface area contributed by atoms with Crippen molar-refractivity contribution < 1.29 is 19.4 Å². The maximum Gasteiger partial charge on any atom is 0.341 e. The maximum atomic E-state index is 11.7. The molecule has 0 radical (unpaired) electrons. The topological polar surface area (TPSA) is 75.6 Å². The lowest BCUT2D eigenvalue weighted by molar-refractivity contribution is -0.139. The molecule has 0 bridgehead atoms. The molecule has 1 saturated heterocycles. The second-order valence-electron chi connectivity index (χ2n) is 4.55. The third kappa shape index (κ3) is 4.92. The lowest BCUT2D eigenvalue weighted by Crippen LogP contribution is -2.18. The van der Waals surface area contributed by atoms with Gasteiger partial charge in [0.1, 0.15) is 10.1 Å². The van der Waals surface area contributed by atoms with Crippen molar-refractivity contribution in [3.8, 4) is 5.75 Å². The quantitative estimate of drug-likeness (QED) is 0.569. The first kappa shape index (κ1) is 17.7. The Morgan fingerprint density at radius 3 is 2.87 bits per heavy atom. The van der Waals surface area contributed by atoms with E-state index in [1.165, 1.54) is 11.8 Å². The number of halogens is 1. The highest BCUT2D eigenvalue weighted by Gasteiger charge is 2.23. The van der Waals surface area contributed by atoms with Crippen molar-refractivity contribution in [2.24, 2.45) is 0 Å². The Kier molecular flexibility index (Phi) is 5.97. The van der Waals surface area contributed by atoms with Crippen LogP contribution in [0, 0.1) is 0 Å². The van der Waals surface area contributed by atoms with Crippen LogP contribution in [0.1, 0.15) is 12.5 Å². The van der Waals surface area contributed by atoms with E-state index in [1.54, 1.807) is 30.4 Å². The normalized spacial score (nSPS) is 16.6. The summed E-state index contributed by atoms with van der Waals surface area (Å²) in [7, 11) is 0. The van der Waals surface area contributed by atoms with Crippen molar-refractivity contribution in [1.82, 2.24) is 5.32 Å². The minimum Gasteiger partial charge on any atom is -0.481 e. The van der Waals surface area contributed by atoms with Crippen LogP contribution in [0.3, 0.4) is 0 Å². The van der Waals surface area contributed by atoms with Crippen LogP contribution in [0.25, 0.3) is 6.08 Å². The van der Waals surface area contributed by atoms with E-state index >= 15 is 0 Å². The van der Waals surface area contributed by atoms with Crippen LogP contribution < -0.4 is 10.1 Å². The standard InChI is InChI=1S/C15H12BrNO4S2/c1-8(13-14(20)17-15(22)23-13)2-3-9-6-10(16)4-5-11(9)21-7-12(18)19/h2-6H,7H2,1H3,(H,18,19)(H,17,20,22). The number of ether oxygens (including phenoxy) is 1. The fraction of sp³-hybridized carbons (Fsp3) is 0.133. The first-order valence-corrected chi connectivity index (χ1v) is 8.45. The summed E-state index contributed by atoms with van der Waals surface area (Å²) in [6.45, 7) is 1.39. The molecule has 0 aliphatic carbocycles. The smallest absolute Gasteiger partial charge is 0.341 e. The van der Waals surface area contributed by atoms with Crippen LogP contribution >= 0.6 is 39.9 Å². The highest BCUT2D eigenvalue weighted by Crippen LogP contribution is 2.29. The summed E-state index contributed by atoms with van der Waals surface area (Å²) in [5.41, 5.74) is 1.46. The molecular formula is C15H12BrNO4S2. The summed E-state index contributed by atoms with van der Waals surface area (Å²) < 4.78 is 6.53. The van der Waals surface area contributed by atoms with Crippen molar-refractivity contribution in [2.75, 3.05) is 6.61 Å². The molecule has 0 spiro atoms. The number of rotatable bonds is 5. The Morgan fingerprint density at radius 1 is 1.52 bits per heavy atom. The zero-order valence-electron chi connectivity index (χ0n) is 12.0. The molecular weight excluding hydrogens is 402 g/mol. The molecule has 1 fully saturated rings. The fourth-order valence-corrected chi connectivity index (χ4v) is 3.21. The highest BCUT2D eigenvalue weighted by atomic mass is 79.9. The third-order valence-electron chi connectivity index (χ3n) is 2.81. The summed E-state index contributed by atoms with van der Waals surface area (Å²) in [5.74, 6) is -0.809. The van der Waals surface area contributed by atoms with Gasteiger partial charge < -0.3 is 15.2 Å². The van der Waals surface area contributed by atoms with Crippen LogP contribution in [-0.2, 0) is 9.59 Å². The summed E-state index contributed by atoms with van der Waals surface area (Å²) in [6, 6.07) is 5.25. The second-order valence-corrected chi connectivity index (χ2v) is 7.16. The minimum absolute atomic E-state index is 0.209. The first-order valence-electron chi connectivity index (χ1n) is 6.43. The molecule has 0 aromatic heterocycles. The molecule has 1 heterocycles. The highest BCUT2D eigenvalue weighted by molar-refractivity contribution is 9.10. The molecule has 2 rings (SSSR count). The monoisotopic (exact) mass is 413 g/mol. The van der Waals surface area contributed by atoms with Crippen LogP contribution in [-0.4, -0.2) is 27.9 Å². The first-order chi connectivity index (χ1) is 10.9. The average molecular weight is 414 g/mol. The summed E-state index contributed by atoms with van der Waals surface area (Å²) in [5, 5.41) is 11.3. The van der Waals surface area contributed by atoms with Crippen molar-refractivity contribution in [2.45, 2.75) is 6.92 Å². The van der Waals surface area contributed by atoms with E-state index in [1.807, 2.05) is 6.92 Å². The van der Waals surface area contributed by atoms with Gasteiger partial charge in [0.25, 0.3) is 5.91 Å². The van der Waals surface area contributed by atoms with Crippen molar-refractivity contribution in [3.63, 3.8) is 0 Å². The Hall–Kier alpha value is -1.64. The number of carboxylic acids is 1. The maximum absolute atomic E-state index is 11.7. The van der Waals surface area contributed by atoms with Gasteiger partial charge in [-0.2, -0.15) is 0 Å². The van der Waals surface area contributed by atoms with E-state index in [9.17, 15) is 9.59 Å². The zero-order chi connectivity index (χ0) is 17.0. The van der Waals surface area contributed by atoms with Gasteiger partial charge in [-0.3, -0.25) is 4.79 Å². The number of hydrogen-bond donors (Lipinski definition) is 2. The molecule has 1 aliphatic rings. The predicted octanol–water partition coefficient (Wildman–Crippen LogP) is 3.35. The molecule has 1 aromatic rings. The molecule has 5 nitrogen and oxygen atoms in total. The van der Waals surface area contributed by atoms with Gasteiger partial charge in [-0.15, -0.1) is 0 Å². The number of allylic oxidation sites excluding steroid dienone is 2. The van der Waals surface area contributed by atoms with E-state index in [2.05, 4.69) is 21.2 Å². The van der Waals surface area contributed by atoms with Gasteiger partial charge in [-0.1, -0.05) is 52.1 Å². The third-order valence-corrected chi connectivity index (χ3v) is 4.65. The van der Waals surface area contributed by atoms with Gasteiger partial charge in [0.15, 0.2) is 6.61 Å². The minimum atomic E-state index is -1.05. The average Bonchev–Trinajstić information content (AvgIpc) is 2.82. The molecule has 1 aliphatic heterocycles. The largest absolute Gasteiger partial charge is 0.481 e. The van der Waals surface area contributed by atoms with Crippen LogP contribution in [0.5, 0.6) is 5.75 Å². The van der Waals surface area contributed by atoms with E-state index in [0.717, 1.165) is 10.0 Å². The predicted molar refractivity (Wildman–Crippen MR) is 97.3 cm³/mol. The molecule has 8 heteroatoms. The van der Waals surface area contributed by atoms with E-state index in [-0.39, 0.29) is 5.91 Å². The van der Waals surface area contributed by atoms with Gasteiger partial charge in [-0.25, -0.2) is 4.79 Å². The lowest BCUT2D eigenvalue weighted by atomic mass is 10.1. The number of benzene rings is 1. The van der Waals surface area contributed by atoms with Gasteiger partial charge in [0.05, 0.1) is 4.91 Å². The number of carbonyl (C=O) groups excluding carboxylic acids is 1. The summed E-state index contributed by atoms with van der Waals surface area (Å²) in [6.07, 6.45) is 3.53. The number of aliphatic carboxylic acids is 1. The SMILES string of the molecule is CC(C=Cc1cc(Br)ccc1OCC(=O)O)=C1SC(=S)NC1=O. The van der Waals surface area contributed by atoms with E-state index < -0.39 is 12.6 Å². The number of carboxylic acid groups (broad SMARTS) is 1. The number of hydrogen-bond acceptors (Lipinski definition) is 5. The van der Waals surface area contributed by atoms with Crippen LogP contribution in [0.15, 0.2) is 39.2 Å². The Morgan fingerprint density at radius 2 is 2.26 bits per heavy atom. The fourth-order valence-electron chi connectivity index (χ4n) is 1.78. The number of nitrogens with one attached hydrogen (secondary N) is 1. The molecule has 1 aromatic carbocycles. The summed E-state index contributed by atoms with van der Waals surface area (Å²) in [4.78, 5) is 22.9. The molecule has 1 amide bonds. The lowest BCUT2D eigenvalue weighted by Gasteiger charge is -2.08. The molecule has 0 saturated carbocycles. The number of thioether (sulfide) groups is 1. The molecule has 0 unspecified atom stereocenters. The van der Waals surface area contributed by atoms with Gasteiger partial charge in [0.2, 0.25) is 0 Å². The Bertz CT molecular complexity index is 743. The molecule has 120 valence electrons. The van der Waals surface area contributed by atoms with Crippen LogP contribution in [0.2, 0.25) is 0 Å². The molecule has 0 atom stereocenters. The molecule has 23 heavy (non-hydrogen) atoms. The van der Waals surface area contributed by atoms with Gasteiger partial charge >= 0.3 is 5.97 Å². The number of carbonyl (C=O) groups is 2. The van der Waals surface area contributed by atoms with Gasteiger partial charge in [-0.05, 0) is 30.7 Å². The van der Waals surface area contributed by atoms with E-state index in [0.29, 0.717) is 20.5 Å². The number of amides is 1. The Labute approximate surface area is 150 Å². The number of thiocarbonyl (C=S) groups is 1. The van der Waals surface area contributed by atoms with Crippen LogP contribution in [0.4, 0.5) is 0 Å². The summed E-state index contributed by atoms with van der Waals surface area (Å²) >= 11 is 9.54. The van der Waals surface area contributed by atoms with Crippen molar-refractivity contribution in [3.05, 3.63) is 44.8 Å². The van der Waals surface area contributed by atoms with E-state index in [4.69, 9.17) is 22.1 Å². The molecule has 2 N–H and O–H groups in total. The van der Waals surface area contributed by atoms with Crippen molar-refractivity contribution in [1.29, 1.82) is 0 Å². The zero-order valence-corrected chi connectivity index (χ0v) is 15.2. The second kappa shape index (κ2) is 7.76. The van der Waals surface area contributed by atoms with Crippen molar-refractivity contribution >= 4 is 62.2 Å². The Balaban J connectivity index is 2.26. The van der Waals surface area contributed by atoms with Gasteiger partial charge in [0, 0.05) is 10.0 Å².